The maximum Gasteiger partial charge on any atom is 0.169 e. The van der Waals surface area contributed by atoms with Crippen LogP contribution in [0.2, 0.25) is 0 Å². The Kier molecular flexibility index (Phi) is 1.90. The van der Waals surface area contributed by atoms with Crippen LogP contribution in [-0.4, -0.2) is 30.3 Å². The molecule has 0 aromatic heterocycles. The molecule has 0 bridgehead atoms. The summed E-state index contributed by atoms with van der Waals surface area (Å²) >= 11 is 0. The fraction of sp³-hybridized carbons (Fsp3) is 0.625. The van der Waals surface area contributed by atoms with E-state index in [9.17, 15) is 4.79 Å². The summed E-state index contributed by atoms with van der Waals surface area (Å²) in [5.41, 5.74) is 1.17. The molecule has 0 saturated heterocycles. The molecule has 1 heterocycles. The average molecular weight is 139 g/mol. The average Bonchev–Trinajstić information content (AvgIpc) is 1.82. The van der Waals surface area contributed by atoms with Gasteiger partial charge in [0.2, 0.25) is 0 Å². The standard InChI is InChI=1S/C8H13NO/c1-6-4-8(10)5-9(3)7(6)2/h4,7H,5H2,1-3H3/t7-/m1/s1. The van der Waals surface area contributed by atoms with Crippen molar-refractivity contribution >= 4 is 5.78 Å². The van der Waals surface area contributed by atoms with E-state index in [2.05, 4.69) is 11.8 Å². The molecule has 1 atom stereocenters. The van der Waals surface area contributed by atoms with Crippen molar-refractivity contribution in [3.63, 3.8) is 0 Å². The number of hydrogen-bond donors (Lipinski definition) is 0. The Balaban J connectivity index is 2.80. The van der Waals surface area contributed by atoms with Crippen LogP contribution in [0, 0.1) is 0 Å². The molecule has 0 aromatic rings. The number of likely N-dealkylation sites (N-methyl/N-ethyl adjacent to an activating group) is 1. The zero-order valence-corrected chi connectivity index (χ0v) is 6.72. The van der Waals surface area contributed by atoms with Crippen molar-refractivity contribution in [3.05, 3.63) is 11.6 Å². The van der Waals surface area contributed by atoms with Crippen molar-refractivity contribution in [2.24, 2.45) is 0 Å². The normalized spacial score (nSPS) is 28.5. The number of carbonyl (C=O) groups excluding carboxylic acids is 1. The minimum absolute atomic E-state index is 0.220. The van der Waals surface area contributed by atoms with Crippen LogP contribution in [0.15, 0.2) is 11.6 Å². The molecule has 2 heteroatoms. The van der Waals surface area contributed by atoms with Crippen LogP contribution in [0.5, 0.6) is 0 Å². The van der Waals surface area contributed by atoms with Crippen molar-refractivity contribution in [3.8, 4) is 0 Å². The van der Waals surface area contributed by atoms with Gasteiger partial charge in [0.1, 0.15) is 0 Å². The van der Waals surface area contributed by atoms with Gasteiger partial charge in [-0.05, 0) is 27.0 Å². The molecular formula is C8H13NO. The molecule has 0 fully saturated rings. The number of nitrogens with zero attached hydrogens (tertiary/aromatic N) is 1. The van der Waals surface area contributed by atoms with Gasteiger partial charge in [-0.25, -0.2) is 0 Å². The summed E-state index contributed by atoms with van der Waals surface area (Å²) in [4.78, 5) is 13.0. The maximum absolute atomic E-state index is 10.9. The fourth-order valence-electron chi connectivity index (χ4n) is 1.15. The largest absolute Gasteiger partial charge is 0.293 e. The third-order valence-electron chi connectivity index (χ3n) is 2.11. The second-order valence-corrected chi connectivity index (χ2v) is 2.95. The highest BCUT2D eigenvalue weighted by Gasteiger charge is 2.18. The molecule has 1 rings (SSSR count). The van der Waals surface area contributed by atoms with Crippen molar-refractivity contribution in [2.45, 2.75) is 19.9 Å². The molecule has 2 nitrogen and oxygen atoms in total. The molecule has 0 N–H and O–H groups in total. The highest BCUT2D eigenvalue weighted by atomic mass is 16.1. The highest BCUT2D eigenvalue weighted by molar-refractivity contribution is 5.93. The van der Waals surface area contributed by atoms with Gasteiger partial charge in [-0.15, -0.1) is 0 Å². The lowest BCUT2D eigenvalue weighted by molar-refractivity contribution is -0.116. The molecule has 56 valence electrons. The van der Waals surface area contributed by atoms with E-state index in [0.717, 1.165) is 0 Å². The molecule has 0 aliphatic carbocycles. The van der Waals surface area contributed by atoms with Gasteiger partial charge in [-0.2, -0.15) is 0 Å². The van der Waals surface area contributed by atoms with E-state index in [-0.39, 0.29) is 5.78 Å². The third kappa shape index (κ3) is 1.27. The molecular weight excluding hydrogens is 126 g/mol. The van der Waals surface area contributed by atoms with Crippen molar-refractivity contribution in [2.75, 3.05) is 13.6 Å². The summed E-state index contributed by atoms with van der Waals surface area (Å²) in [5.74, 6) is 0.220. The Bertz CT molecular complexity index is 184. The van der Waals surface area contributed by atoms with E-state index >= 15 is 0 Å². The van der Waals surface area contributed by atoms with E-state index in [1.165, 1.54) is 5.57 Å². The molecule has 0 spiro atoms. The highest BCUT2D eigenvalue weighted by Crippen LogP contribution is 2.12. The predicted octanol–water partition coefficient (Wildman–Crippen LogP) is 0.836. The maximum atomic E-state index is 10.9. The van der Waals surface area contributed by atoms with Crippen molar-refractivity contribution in [1.29, 1.82) is 0 Å². The van der Waals surface area contributed by atoms with Gasteiger partial charge in [0.25, 0.3) is 0 Å². The van der Waals surface area contributed by atoms with Gasteiger partial charge >= 0.3 is 0 Å². The molecule has 0 unspecified atom stereocenters. The van der Waals surface area contributed by atoms with Gasteiger partial charge in [0.15, 0.2) is 5.78 Å². The quantitative estimate of drug-likeness (QED) is 0.495. The lowest BCUT2D eigenvalue weighted by atomic mass is 10.0. The fourth-order valence-corrected chi connectivity index (χ4v) is 1.15. The van der Waals surface area contributed by atoms with E-state index in [1.807, 2.05) is 14.0 Å². The number of carbonyl (C=O) groups is 1. The molecule has 0 saturated carbocycles. The first-order chi connectivity index (χ1) is 4.61. The summed E-state index contributed by atoms with van der Waals surface area (Å²) in [6.45, 7) is 4.68. The van der Waals surface area contributed by atoms with Gasteiger partial charge in [0, 0.05) is 6.04 Å². The summed E-state index contributed by atoms with van der Waals surface area (Å²) in [5, 5.41) is 0. The smallest absolute Gasteiger partial charge is 0.169 e. The summed E-state index contributed by atoms with van der Waals surface area (Å²) in [6.07, 6.45) is 1.74. The second-order valence-electron chi connectivity index (χ2n) is 2.95. The number of ketones is 1. The van der Waals surface area contributed by atoms with Crippen LogP contribution in [-0.2, 0) is 4.79 Å². The van der Waals surface area contributed by atoms with Crippen molar-refractivity contribution in [1.82, 2.24) is 4.90 Å². The Morgan fingerprint density at radius 1 is 1.70 bits per heavy atom. The Morgan fingerprint density at radius 3 is 2.80 bits per heavy atom. The van der Waals surface area contributed by atoms with Gasteiger partial charge in [0.05, 0.1) is 6.54 Å². The third-order valence-corrected chi connectivity index (χ3v) is 2.11. The predicted molar refractivity (Wildman–Crippen MR) is 40.9 cm³/mol. The zero-order valence-electron chi connectivity index (χ0n) is 6.72. The van der Waals surface area contributed by atoms with E-state index in [0.29, 0.717) is 12.6 Å². The summed E-state index contributed by atoms with van der Waals surface area (Å²) < 4.78 is 0. The topological polar surface area (TPSA) is 20.3 Å². The molecule has 10 heavy (non-hydrogen) atoms. The van der Waals surface area contributed by atoms with Crippen LogP contribution in [0.3, 0.4) is 0 Å². The van der Waals surface area contributed by atoms with Crippen molar-refractivity contribution < 1.29 is 4.79 Å². The van der Waals surface area contributed by atoms with Crippen LogP contribution in [0.1, 0.15) is 13.8 Å². The second kappa shape index (κ2) is 2.54. The molecule has 0 radical (unpaired) electrons. The zero-order chi connectivity index (χ0) is 7.72. The first-order valence-corrected chi connectivity index (χ1v) is 3.52. The molecule has 0 aromatic carbocycles. The summed E-state index contributed by atoms with van der Waals surface area (Å²) in [6, 6.07) is 0.428. The lowest BCUT2D eigenvalue weighted by Gasteiger charge is -2.27. The van der Waals surface area contributed by atoms with Gasteiger partial charge in [-0.3, -0.25) is 9.69 Å². The monoisotopic (exact) mass is 139 g/mol. The Morgan fingerprint density at radius 2 is 2.30 bits per heavy atom. The Labute approximate surface area is 61.5 Å². The molecule has 0 amide bonds. The van der Waals surface area contributed by atoms with Gasteiger partial charge in [-0.1, -0.05) is 5.57 Å². The van der Waals surface area contributed by atoms with E-state index < -0.39 is 0 Å². The van der Waals surface area contributed by atoms with Crippen LogP contribution in [0.4, 0.5) is 0 Å². The number of rotatable bonds is 0. The molecule has 1 aliphatic rings. The lowest BCUT2D eigenvalue weighted by Crippen LogP contribution is -2.38. The van der Waals surface area contributed by atoms with Crippen LogP contribution in [0.25, 0.3) is 0 Å². The van der Waals surface area contributed by atoms with E-state index in [4.69, 9.17) is 0 Å². The summed E-state index contributed by atoms with van der Waals surface area (Å²) in [7, 11) is 1.97. The first kappa shape index (κ1) is 7.48. The Hall–Kier alpha value is -0.630. The van der Waals surface area contributed by atoms with Crippen LogP contribution >= 0.6 is 0 Å². The SMILES string of the molecule is CC1=CC(=O)CN(C)[C@@H]1C. The molecule has 1 aliphatic heterocycles. The van der Waals surface area contributed by atoms with Crippen LogP contribution < -0.4 is 0 Å². The minimum atomic E-state index is 0.220. The van der Waals surface area contributed by atoms with E-state index in [1.54, 1.807) is 6.08 Å². The first-order valence-electron chi connectivity index (χ1n) is 3.52. The number of hydrogen-bond acceptors (Lipinski definition) is 2. The minimum Gasteiger partial charge on any atom is -0.293 e. The van der Waals surface area contributed by atoms with Gasteiger partial charge < -0.3 is 0 Å².